The second-order valence-corrected chi connectivity index (χ2v) is 5.28. The smallest absolute Gasteiger partial charge is 0.128 e. The topological polar surface area (TPSA) is 0 Å². The van der Waals surface area contributed by atoms with Crippen LogP contribution < -0.4 is 0 Å². The summed E-state index contributed by atoms with van der Waals surface area (Å²) >= 11 is 6.39. The van der Waals surface area contributed by atoms with Crippen LogP contribution in [0.4, 0.5) is 8.78 Å². The van der Waals surface area contributed by atoms with E-state index in [1.165, 1.54) is 18.2 Å². The number of hydrogen-bond acceptors (Lipinski definition) is 0. The highest BCUT2D eigenvalue weighted by atomic mass is 35.5. The van der Waals surface area contributed by atoms with Gasteiger partial charge in [-0.1, -0.05) is 12.1 Å². The molecule has 0 aliphatic rings. The van der Waals surface area contributed by atoms with E-state index in [4.69, 9.17) is 11.6 Å². The molecule has 0 bridgehead atoms. The molecule has 0 amide bonds. The van der Waals surface area contributed by atoms with Crippen LogP contribution in [0.25, 0.3) is 0 Å². The monoisotopic (exact) mass is 280 g/mol. The summed E-state index contributed by atoms with van der Waals surface area (Å²) in [6.07, 6.45) is 0. The second-order valence-electron chi connectivity index (χ2n) is 4.84. The Morgan fingerprint density at radius 2 is 1.53 bits per heavy atom. The second kappa shape index (κ2) is 5.30. The maximum atomic E-state index is 14.0. The third-order valence-corrected chi connectivity index (χ3v) is 3.69. The molecule has 0 nitrogen and oxygen atoms in total. The first kappa shape index (κ1) is 14.0. The van der Waals surface area contributed by atoms with E-state index >= 15 is 0 Å². The Kier molecular flexibility index (Phi) is 3.91. The zero-order chi connectivity index (χ0) is 14.2. The molecule has 100 valence electrons. The van der Waals surface area contributed by atoms with E-state index in [-0.39, 0.29) is 11.6 Å². The Hall–Kier alpha value is -1.41. The van der Waals surface area contributed by atoms with E-state index in [0.717, 1.165) is 22.3 Å². The lowest BCUT2D eigenvalue weighted by Crippen LogP contribution is -2.03. The van der Waals surface area contributed by atoms with Gasteiger partial charge in [0.2, 0.25) is 0 Å². The molecule has 0 fully saturated rings. The highest BCUT2D eigenvalue weighted by Gasteiger charge is 2.19. The summed E-state index contributed by atoms with van der Waals surface area (Å²) in [4.78, 5) is 0. The third-order valence-electron chi connectivity index (χ3n) is 3.24. The first-order chi connectivity index (χ1) is 8.90. The van der Waals surface area contributed by atoms with Crippen LogP contribution in [-0.4, -0.2) is 0 Å². The van der Waals surface area contributed by atoms with E-state index in [1.54, 1.807) is 19.9 Å². The van der Waals surface area contributed by atoms with E-state index in [2.05, 4.69) is 0 Å². The minimum atomic E-state index is -0.610. The van der Waals surface area contributed by atoms with Crippen LogP contribution in [0.1, 0.15) is 33.2 Å². The van der Waals surface area contributed by atoms with E-state index in [1.807, 2.05) is 13.0 Å². The van der Waals surface area contributed by atoms with Crippen molar-refractivity contribution in [3.05, 3.63) is 69.8 Å². The van der Waals surface area contributed by atoms with Crippen LogP contribution in [0.15, 0.2) is 30.3 Å². The molecule has 2 aromatic rings. The molecule has 0 saturated carbocycles. The molecule has 0 aromatic heterocycles. The van der Waals surface area contributed by atoms with Gasteiger partial charge in [-0.05, 0) is 61.2 Å². The maximum absolute atomic E-state index is 14.0. The van der Waals surface area contributed by atoms with Crippen molar-refractivity contribution < 1.29 is 8.78 Å². The van der Waals surface area contributed by atoms with Gasteiger partial charge in [-0.25, -0.2) is 8.78 Å². The fourth-order valence-electron chi connectivity index (χ4n) is 2.31. The van der Waals surface area contributed by atoms with Gasteiger partial charge in [0, 0.05) is 5.56 Å². The molecule has 3 heteroatoms. The summed E-state index contributed by atoms with van der Waals surface area (Å²) in [5, 5.41) is -0.610. The number of hydrogen-bond donors (Lipinski definition) is 0. The van der Waals surface area contributed by atoms with E-state index < -0.39 is 5.38 Å². The number of halogens is 3. The van der Waals surface area contributed by atoms with Crippen molar-refractivity contribution in [2.75, 3.05) is 0 Å². The van der Waals surface area contributed by atoms with Crippen LogP contribution in [0, 0.1) is 32.4 Å². The Morgan fingerprint density at radius 3 is 2.05 bits per heavy atom. The van der Waals surface area contributed by atoms with Gasteiger partial charge in [-0.2, -0.15) is 0 Å². The quantitative estimate of drug-likeness (QED) is 0.662. The standard InChI is InChI=1S/C16H15ClF2/c1-9-4-5-13(14(19)6-9)16(17)15-10(2)7-12(18)8-11(15)3/h4-8,16H,1-3H3. The minimum absolute atomic E-state index is 0.299. The minimum Gasteiger partial charge on any atom is -0.207 e. The van der Waals surface area contributed by atoms with Crippen LogP contribution >= 0.6 is 11.6 Å². The highest BCUT2D eigenvalue weighted by molar-refractivity contribution is 6.22. The zero-order valence-electron chi connectivity index (χ0n) is 11.1. The van der Waals surface area contributed by atoms with E-state index in [9.17, 15) is 8.78 Å². The Bertz CT molecular complexity index is 597. The average molecular weight is 281 g/mol. The van der Waals surface area contributed by atoms with Gasteiger partial charge in [0.1, 0.15) is 11.6 Å². The summed E-state index contributed by atoms with van der Waals surface area (Å²) in [6, 6.07) is 7.80. The number of rotatable bonds is 2. The molecule has 1 unspecified atom stereocenters. The summed E-state index contributed by atoms with van der Waals surface area (Å²) in [5.74, 6) is -0.630. The molecular formula is C16H15ClF2. The number of benzene rings is 2. The molecule has 1 atom stereocenters. The van der Waals surface area contributed by atoms with Crippen molar-refractivity contribution in [1.29, 1.82) is 0 Å². The lowest BCUT2D eigenvalue weighted by atomic mass is 9.94. The van der Waals surface area contributed by atoms with Crippen LogP contribution in [0.5, 0.6) is 0 Å². The van der Waals surface area contributed by atoms with Crippen molar-refractivity contribution in [3.8, 4) is 0 Å². The molecule has 2 aromatic carbocycles. The molecule has 0 aliphatic carbocycles. The summed E-state index contributed by atoms with van der Waals surface area (Å²) in [6.45, 7) is 5.39. The number of aryl methyl sites for hydroxylation is 3. The predicted octanol–water partition coefficient (Wildman–Crippen LogP) is 5.22. The highest BCUT2D eigenvalue weighted by Crippen LogP contribution is 2.35. The molecular weight excluding hydrogens is 266 g/mol. The summed E-state index contributed by atoms with van der Waals surface area (Å²) in [7, 11) is 0. The van der Waals surface area contributed by atoms with Crippen LogP contribution in [-0.2, 0) is 0 Å². The first-order valence-electron chi connectivity index (χ1n) is 6.07. The first-order valence-corrected chi connectivity index (χ1v) is 6.50. The Morgan fingerprint density at radius 1 is 0.947 bits per heavy atom. The van der Waals surface area contributed by atoms with Crippen molar-refractivity contribution in [1.82, 2.24) is 0 Å². The van der Waals surface area contributed by atoms with Gasteiger partial charge < -0.3 is 0 Å². The van der Waals surface area contributed by atoms with Gasteiger partial charge in [-0.3, -0.25) is 0 Å². The number of alkyl halides is 1. The zero-order valence-corrected chi connectivity index (χ0v) is 11.9. The molecule has 2 rings (SSSR count). The maximum Gasteiger partial charge on any atom is 0.128 e. The molecule has 19 heavy (non-hydrogen) atoms. The summed E-state index contributed by atoms with van der Waals surface area (Å²) in [5.41, 5.74) is 3.50. The Labute approximate surface area is 117 Å². The lowest BCUT2D eigenvalue weighted by Gasteiger charge is -2.17. The van der Waals surface area contributed by atoms with Gasteiger partial charge in [0.15, 0.2) is 0 Å². The van der Waals surface area contributed by atoms with E-state index in [0.29, 0.717) is 5.56 Å². The molecule has 0 radical (unpaired) electrons. The predicted molar refractivity (Wildman–Crippen MR) is 74.7 cm³/mol. The fourth-order valence-corrected chi connectivity index (χ4v) is 2.84. The molecule has 0 saturated heterocycles. The van der Waals surface area contributed by atoms with Crippen molar-refractivity contribution in [2.45, 2.75) is 26.1 Å². The molecule has 0 heterocycles. The molecule has 0 spiro atoms. The normalized spacial score (nSPS) is 12.5. The van der Waals surface area contributed by atoms with Crippen molar-refractivity contribution >= 4 is 11.6 Å². The SMILES string of the molecule is Cc1ccc(C(Cl)c2c(C)cc(F)cc2C)c(F)c1. The van der Waals surface area contributed by atoms with Crippen molar-refractivity contribution in [2.24, 2.45) is 0 Å². The fraction of sp³-hybridized carbons (Fsp3) is 0.250. The lowest BCUT2D eigenvalue weighted by molar-refractivity contribution is 0.609. The summed E-state index contributed by atoms with van der Waals surface area (Å²) < 4.78 is 27.3. The average Bonchev–Trinajstić information content (AvgIpc) is 2.26. The largest absolute Gasteiger partial charge is 0.207 e. The van der Waals surface area contributed by atoms with Crippen LogP contribution in [0.3, 0.4) is 0 Å². The molecule has 0 N–H and O–H groups in total. The van der Waals surface area contributed by atoms with Gasteiger partial charge >= 0.3 is 0 Å². The van der Waals surface area contributed by atoms with Gasteiger partial charge in [0.25, 0.3) is 0 Å². The van der Waals surface area contributed by atoms with Crippen molar-refractivity contribution in [3.63, 3.8) is 0 Å². The third kappa shape index (κ3) is 2.79. The Balaban J connectivity index is 2.53. The van der Waals surface area contributed by atoms with Crippen LogP contribution in [0.2, 0.25) is 0 Å². The van der Waals surface area contributed by atoms with Gasteiger partial charge in [0.05, 0.1) is 5.38 Å². The van der Waals surface area contributed by atoms with Gasteiger partial charge in [-0.15, -0.1) is 11.6 Å². The molecule has 0 aliphatic heterocycles.